The van der Waals surface area contributed by atoms with Gasteiger partial charge in [-0.1, -0.05) is 0 Å². The third kappa shape index (κ3) is 6.21. The molecule has 2 aromatic heterocycles. The predicted molar refractivity (Wildman–Crippen MR) is 121 cm³/mol. The van der Waals surface area contributed by atoms with E-state index in [1.807, 2.05) is 26.8 Å². The van der Waals surface area contributed by atoms with Gasteiger partial charge in [0.15, 0.2) is 0 Å². The summed E-state index contributed by atoms with van der Waals surface area (Å²) < 4.78 is 10.9. The summed E-state index contributed by atoms with van der Waals surface area (Å²) in [4.78, 5) is 31.0. The molecule has 9 nitrogen and oxygen atoms in total. The lowest BCUT2D eigenvalue weighted by atomic mass is 9.95. The number of aromatic amines is 1. The van der Waals surface area contributed by atoms with Crippen molar-refractivity contribution >= 4 is 18.0 Å². The fourth-order valence-electron chi connectivity index (χ4n) is 3.63. The molecule has 174 valence electrons. The second-order valence-electron chi connectivity index (χ2n) is 9.94. The Balaban J connectivity index is 1.84. The maximum Gasteiger partial charge on any atom is 0.413 e. The predicted octanol–water partition coefficient (Wildman–Crippen LogP) is 5.28. The Bertz CT molecular complexity index is 958. The number of carbonyl (C=O) groups is 2. The van der Waals surface area contributed by atoms with Crippen LogP contribution in [0.3, 0.4) is 0 Å². The van der Waals surface area contributed by atoms with Gasteiger partial charge in [-0.05, 0) is 78.5 Å². The number of hydrogen-bond donors (Lipinski definition) is 2. The van der Waals surface area contributed by atoms with Crippen LogP contribution in [0.4, 0.5) is 15.4 Å². The minimum Gasteiger partial charge on any atom is -0.444 e. The lowest BCUT2D eigenvalue weighted by molar-refractivity contribution is 0.00905. The van der Waals surface area contributed by atoms with Gasteiger partial charge >= 0.3 is 12.2 Å². The Hall–Kier alpha value is -3.10. The highest BCUT2D eigenvalue weighted by Gasteiger charge is 2.33. The number of pyridine rings is 1. The summed E-state index contributed by atoms with van der Waals surface area (Å²) in [5, 5.41) is 9.99. The number of piperidine rings is 1. The number of likely N-dealkylation sites (tertiary alicyclic amines) is 1. The second kappa shape index (κ2) is 9.18. The van der Waals surface area contributed by atoms with E-state index < -0.39 is 17.3 Å². The van der Waals surface area contributed by atoms with Crippen LogP contribution in [0.5, 0.6) is 0 Å². The van der Waals surface area contributed by atoms with Gasteiger partial charge in [-0.2, -0.15) is 5.10 Å². The molecule has 1 atom stereocenters. The van der Waals surface area contributed by atoms with Crippen molar-refractivity contribution < 1.29 is 19.1 Å². The van der Waals surface area contributed by atoms with E-state index in [4.69, 9.17) is 9.47 Å². The van der Waals surface area contributed by atoms with Gasteiger partial charge in [0.05, 0.1) is 17.9 Å². The van der Waals surface area contributed by atoms with Gasteiger partial charge in [0.2, 0.25) is 0 Å². The number of anilines is 1. The van der Waals surface area contributed by atoms with Crippen LogP contribution >= 0.6 is 0 Å². The lowest BCUT2D eigenvalue weighted by Crippen LogP contribution is -2.42. The number of aromatic nitrogens is 3. The van der Waals surface area contributed by atoms with Crippen molar-refractivity contribution in [3.05, 3.63) is 30.2 Å². The van der Waals surface area contributed by atoms with Crippen molar-refractivity contribution in [2.45, 2.75) is 78.0 Å². The maximum atomic E-state index is 12.9. The zero-order chi connectivity index (χ0) is 23.5. The Labute approximate surface area is 188 Å². The molecule has 2 N–H and O–H groups in total. The second-order valence-corrected chi connectivity index (χ2v) is 9.94. The van der Waals surface area contributed by atoms with Gasteiger partial charge < -0.3 is 9.47 Å². The number of rotatable bonds is 3. The third-order valence-corrected chi connectivity index (χ3v) is 4.83. The number of carbonyl (C=O) groups excluding carboxylic acids is 2. The zero-order valence-corrected chi connectivity index (χ0v) is 19.7. The van der Waals surface area contributed by atoms with E-state index in [1.54, 1.807) is 44.1 Å². The normalized spacial score (nSPS) is 17.1. The molecule has 3 rings (SSSR count). The van der Waals surface area contributed by atoms with Gasteiger partial charge in [-0.3, -0.25) is 15.3 Å². The molecule has 3 heterocycles. The molecule has 1 fully saturated rings. The highest BCUT2D eigenvalue weighted by Crippen LogP contribution is 2.36. The number of nitrogens with one attached hydrogen (secondary N) is 2. The molecular weight excluding hydrogens is 410 g/mol. The number of hydrogen-bond acceptors (Lipinski definition) is 6. The first-order chi connectivity index (χ1) is 14.9. The summed E-state index contributed by atoms with van der Waals surface area (Å²) >= 11 is 0. The van der Waals surface area contributed by atoms with Crippen LogP contribution in [0.1, 0.15) is 72.5 Å². The largest absolute Gasteiger partial charge is 0.444 e. The first-order valence-electron chi connectivity index (χ1n) is 10.9. The smallest absolute Gasteiger partial charge is 0.413 e. The topological polar surface area (TPSA) is 109 Å². The number of ether oxygens (including phenoxy) is 2. The lowest BCUT2D eigenvalue weighted by Gasteiger charge is -2.36. The standard InChI is InChI=1S/C23H33N5O4/c1-22(2,3)31-20(29)26-18-13-15(10-11-24-18)16-14-25-27-19(16)17-9-7-8-12-28(17)21(30)32-23(4,5)6/h10-11,13-14,17H,7-9,12H2,1-6H3,(H,25,27)(H,24,26,29). The van der Waals surface area contributed by atoms with Crippen molar-refractivity contribution in [3.63, 3.8) is 0 Å². The van der Waals surface area contributed by atoms with Crippen LogP contribution in [0, 0.1) is 0 Å². The molecule has 0 saturated carbocycles. The summed E-state index contributed by atoms with van der Waals surface area (Å²) in [5.74, 6) is 0.372. The van der Waals surface area contributed by atoms with Crippen LogP contribution < -0.4 is 5.32 Å². The van der Waals surface area contributed by atoms with Crippen LogP contribution in [-0.2, 0) is 9.47 Å². The molecule has 1 aliphatic rings. The van der Waals surface area contributed by atoms with Crippen molar-refractivity contribution in [3.8, 4) is 11.1 Å². The van der Waals surface area contributed by atoms with Crippen LogP contribution in [0.25, 0.3) is 11.1 Å². The molecule has 2 aromatic rings. The molecular formula is C23H33N5O4. The Morgan fingerprint density at radius 2 is 1.84 bits per heavy atom. The van der Waals surface area contributed by atoms with Crippen LogP contribution in [0.15, 0.2) is 24.5 Å². The molecule has 9 heteroatoms. The molecule has 0 radical (unpaired) electrons. The fourth-order valence-corrected chi connectivity index (χ4v) is 3.63. The quantitative estimate of drug-likeness (QED) is 0.668. The van der Waals surface area contributed by atoms with Crippen molar-refractivity contribution in [1.29, 1.82) is 0 Å². The summed E-state index contributed by atoms with van der Waals surface area (Å²) in [6.07, 6.45) is 5.18. The number of nitrogens with zero attached hydrogens (tertiary/aromatic N) is 3. The fraction of sp³-hybridized carbons (Fsp3) is 0.565. The van der Waals surface area contributed by atoms with Gasteiger partial charge in [0.1, 0.15) is 17.0 Å². The first kappa shape index (κ1) is 23.6. The molecule has 0 spiro atoms. The number of amides is 2. The van der Waals surface area contributed by atoms with Crippen LogP contribution in [0.2, 0.25) is 0 Å². The van der Waals surface area contributed by atoms with Crippen molar-refractivity contribution in [2.75, 3.05) is 11.9 Å². The summed E-state index contributed by atoms with van der Waals surface area (Å²) in [5.41, 5.74) is 1.34. The van der Waals surface area contributed by atoms with Gasteiger partial charge in [-0.15, -0.1) is 0 Å². The first-order valence-corrected chi connectivity index (χ1v) is 10.9. The molecule has 1 aliphatic heterocycles. The molecule has 1 unspecified atom stereocenters. The van der Waals surface area contributed by atoms with E-state index in [2.05, 4.69) is 20.5 Å². The summed E-state index contributed by atoms with van der Waals surface area (Å²) in [6, 6.07) is 3.43. The molecule has 32 heavy (non-hydrogen) atoms. The SMILES string of the molecule is CC(C)(C)OC(=O)Nc1cc(-c2cn[nH]c2C2CCCCN2C(=O)OC(C)(C)C)ccn1. The Morgan fingerprint density at radius 1 is 1.12 bits per heavy atom. The van der Waals surface area contributed by atoms with E-state index in [0.717, 1.165) is 36.1 Å². The Morgan fingerprint density at radius 3 is 2.53 bits per heavy atom. The average molecular weight is 444 g/mol. The van der Waals surface area contributed by atoms with Crippen molar-refractivity contribution in [2.24, 2.45) is 0 Å². The van der Waals surface area contributed by atoms with E-state index in [9.17, 15) is 9.59 Å². The monoisotopic (exact) mass is 443 g/mol. The molecule has 1 saturated heterocycles. The van der Waals surface area contributed by atoms with Gasteiger partial charge in [0, 0.05) is 18.3 Å². The van der Waals surface area contributed by atoms with E-state index in [1.165, 1.54) is 0 Å². The minimum absolute atomic E-state index is 0.175. The van der Waals surface area contributed by atoms with Crippen molar-refractivity contribution in [1.82, 2.24) is 20.1 Å². The van der Waals surface area contributed by atoms with Gasteiger partial charge in [-0.25, -0.2) is 14.6 Å². The minimum atomic E-state index is -0.606. The maximum absolute atomic E-state index is 12.9. The zero-order valence-electron chi connectivity index (χ0n) is 19.7. The highest BCUT2D eigenvalue weighted by molar-refractivity contribution is 5.85. The number of H-pyrrole nitrogens is 1. The summed E-state index contributed by atoms with van der Waals surface area (Å²) in [6.45, 7) is 11.6. The van der Waals surface area contributed by atoms with Gasteiger partial charge in [0.25, 0.3) is 0 Å². The Kier molecular flexibility index (Phi) is 6.76. The third-order valence-electron chi connectivity index (χ3n) is 4.83. The van der Waals surface area contributed by atoms with E-state index in [0.29, 0.717) is 12.4 Å². The molecule has 0 aliphatic carbocycles. The highest BCUT2D eigenvalue weighted by atomic mass is 16.6. The summed E-state index contributed by atoms with van der Waals surface area (Å²) in [7, 11) is 0. The van der Waals surface area contributed by atoms with E-state index >= 15 is 0 Å². The van der Waals surface area contributed by atoms with E-state index in [-0.39, 0.29) is 12.1 Å². The van der Waals surface area contributed by atoms with Crippen LogP contribution in [-0.4, -0.2) is 50.0 Å². The molecule has 0 aromatic carbocycles. The average Bonchev–Trinajstić information content (AvgIpc) is 3.15. The molecule has 2 amide bonds. The molecule has 0 bridgehead atoms.